The summed E-state index contributed by atoms with van der Waals surface area (Å²) in [4.78, 5) is 25.3. The number of rotatable bonds is 7. The minimum Gasteiger partial charge on any atom is -0.384 e. The molecule has 3 N–H and O–H groups in total. The molecule has 8 heteroatoms. The van der Waals surface area contributed by atoms with Gasteiger partial charge in [0, 0.05) is 18.3 Å². The second-order valence-corrected chi connectivity index (χ2v) is 8.21. The van der Waals surface area contributed by atoms with Crippen molar-refractivity contribution in [2.75, 3.05) is 32.1 Å². The molecule has 28 heavy (non-hydrogen) atoms. The van der Waals surface area contributed by atoms with Gasteiger partial charge in [-0.3, -0.25) is 9.59 Å². The summed E-state index contributed by atoms with van der Waals surface area (Å²) >= 11 is 6.31. The van der Waals surface area contributed by atoms with Crippen LogP contribution in [-0.4, -0.2) is 44.2 Å². The number of methoxy groups -OCH3 is 1. The van der Waals surface area contributed by atoms with E-state index in [2.05, 4.69) is 16.0 Å². The number of nitrogens with one attached hydrogen (secondary N) is 3. The van der Waals surface area contributed by atoms with Gasteiger partial charge in [-0.15, -0.1) is 12.4 Å². The third-order valence-electron chi connectivity index (χ3n) is 5.27. The standard InChI is InChI=1S/C20H30ClN3O3.ClH/c1-5-19(2,3)24-17(25)15-7-6-14(12-16(15)21)23-18(26)20(13-27-4)8-10-22-11-9-20;/h6-7,12,22H,5,8-11,13H2,1-4H3,(H,23,26)(H,24,25);1H. The molecule has 6 nitrogen and oxygen atoms in total. The summed E-state index contributed by atoms with van der Waals surface area (Å²) in [7, 11) is 1.61. The van der Waals surface area contributed by atoms with Crippen LogP contribution in [-0.2, 0) is 9.53 Å². The normalized spacial score (nSPS) is 16.0. The van der Waals surface area contributed by atoms with Crippen LogP contribution in [0.3, 0.4) is 0 Å². The molecule has 1 fully saturated rings. The van der Waals surface area contributed by atoms with E-state index in [1.807, 2.05) is 20.8 Å². The molecule has 0 radical (unpaired) electrons. The number of halogens is 2. The SMILES string of the molecule is CCC(C)(C)NC(=O)c1ccc(NC(=O)C2(COC)CCNCC2)cc1Cl.Cl. The molecule has 1 aliphatic heterocycles. The van der Waals surface area contributed by atoms with Crippen molar-refractivity contribution in [2.45, 2.75) is 45.6 Å². The molecular weight excluding hydrogens is 401 g/mol. The van der Waals surface area contributed by atoms with Crippen molar-refractivity contribution in [3.63, 3.8) is 0 Å². The Hall–Kier alpha value is -1.34. The smallest absolute Gasteiger partial charge is 0.253 e. The van der Waals surface area contributed by atoms with Crippen LogP contribution in [0.1, 0.15) is 50.4 Å². The zero-order valence-electron chi connectivity index (χ0n) is 17.0. The van der Waals surface area contributed by atoms with Gasteiger partial charge in [-0.2, -0.15) is 0 Å². The van der Waals surface area contributed by atoms with Gasteiger partial charge in [0.25, 0.3) is 5.91 Å². The first-order valence-corrected chi connectivity index (χ1v) is 9.74. The maximum absolute atomic E-state index is 12.9. The molecule has 0 atom stereocenters. The Bertz CT molecular complexity index is 684. The van der Waals surface area contributed by atoms with Gasteiger partial charge in [-0.05, 0) is 64.4 Å². The molecule has 1 aromatic carbocycles. The van der Waals surface area contributed by atoms with Crippen LogP contribution in [0.15, 0.2) is 18.2 Å². The van der Waals surface area contributed by atoms with Gasteiger partial charge in [0.2, 0.25) is 5.91 Å². The second kappa shape index (κ2) is 10.4. The summed E-state index contributed by atoms with van der Waals surface area (Å²) in [5.41, 5.74) is 0.109. The van der Waals surface area contributed by atoms with E-state index >= 15 is 0 Å². The third kappa shape index (κ3) is 6.08. The lowest BCUT2D eigenvalue weighted by atomic mass is 9.78. The van der Waals surface area contributed by atoms with Crippen molar-refractivity contribution >= 4 is 41.5 Å². The predicted molar refractivity (Wildman–Crippen MR) is 116 cm³/mol. The van der Waals surface area contributed by atoms with E-state index in [1.54, 1.807) is 25.3 Å². The molecule has 0 aliphatic carbocycles. The van der Waals surface area contributed by atoms with Crippen LogP contribution >= 0.6 is 24.0 Å². The number of carbonyl (C=O) groups excluding carboxylic acids is 2. The first kappa shape index (κ1) is 24.7. The predicted octanol–water partition coefficient (Wildman–Crippen LogP) is 3.63. The fourth-order valence-electron chi connectivity index (χ4n) is 3.12. The summed E-state index contributed by atoms with van der Waals surface area (Å²) in [6, 6.07) is 4.97. The summed E-state index contributed by atoms with van der Waals surface area (Å²) in [6.07, 6.45) is 2.24. The third-order valence-corrected chi connectivity index (χ3v) is 5.58. The molecule has 2 amide bonds. The van der Waals surface area contributed by atoms with E-state index < -0.39 is 5.41 Å². The maximum atomic E-state index is 12.9. The average molecular weight is 432 g/mol. The highest BCUT2D eigenvalue weighted by molar-refractivity contribution is 6.34. The zero-order chi connectivity index (χ0) is 20.1. The fraction of sp³-hybridized carbons (Fsp3) is 0.600. The first-order chi connectivity index (χ1) is 12.7. The lowest BCUT2D eigenvalue weighted by Crippen LogP contribution is -2.47. The van der Waals surface area contributed by atoms with Crippen molar-refractivity contribution in [1.29, 1.82) is 0 Å². The van der Waals surface area contributed by atoms with E-state index in [0.29, 0.717) is 35.7 Å². The van der Waals surface area contributed by atoms with Crippen LogP contribution in [0.25, 0.3) is 0 Å². The minimum atomic E-state index is -0.548. The van der Waals surface area contributed by atoms with Crippen LogP contribution < -0.4 is 16.0 Å². The summed E-state index contributed by atoms with van der Waals surface area (Å²) in [5, 5.41) is 9.48. The molecule has 0 unspecified atom stereocenters. The number of anilines is 1. The summed E-state index contributed by atoms with van der Waals surface area (Å²) in [6.45, 7) is 7.87. The molecule has 1 heterocycles. The molecule has 1 aromatic rings. The summed E-state index contributed by atoms with van der Waals surface area (Å²) < 4.78 is 5.31. The Labute approximate surface area is 178 Å². The van der Waals surface area contributed by atoms with Crippen molar-refractivity contribution in [2.24, 2.45) is 5.41 Å². The number of ether oxygens (including phenoxy) is 1. The number of carbonyl (C=O) groups is 2. The molecule has 1 saturated heterocycles. The second-order valence-electron chi connectivity index (χ2n) is 7.80. The zero-order valence-corrected chi connectivity index (χ0v) is 18.6. The van der Waals surface area contributed by atoms with Crippen molar-refractivity contribution in [3.8, 4) is 0 Å². The molecular formula is C20H31Cl2N3O3. The van der Waals surface area contributed by atoms with E-state index in [9.17, 15) is 9.59 Å². The topological polar surface area (TPSA) is 79.5 Å². The minimum absolute atomic E-state index is 0. The summed E-state index contributed by atoms with van der Waals surface area (Å²) in [5.74, 6) is -0.301. The number of benzene rings is 1. The molecule has 2 rings (SSSR count). The lowest BCUT2D eigenvalue weighted by molar-refractivity contribution is -0.130. The molecule has 1 aliphatic rings. The Morgan fingerprint density at radius 1 is 1.29 bits per heavy atom. The van der Waals surface area contributed by atoms with Gasteiger partial charge >= 0.3 is 0 Å². The van der Waals surface area contributed by atoms with Gasteiger partial charge in [-0.25, -0.2) is 0 Å². The quantitative estimate of drug-likeness (QED) is 0.615. The average Bonchev–Trinajstić information content (AvgIpc) is 2.62. The van der Waals surface area contributed by atoms with Crippen LogP contribution in [0.5, 0.6) is 0 Å². The van der Waals surface area contributed by atoms with Crippen molar-refractivity contribution < 1.29 is 14.3 Å². The highest BCUT2D eigenvalue weighted by Gasteiger charge is 2.39. The highest BCUT2D eigenvalue weighted by Crippen LogP contribution is 2.31. The fourth-order valence-corrected chi connectivity index (χ4v) is 3.39. The van der Waals surface area contributed by atoms with Crippen LogP contribution in [0.4, 0.5) is 5.69 Å². The van der Waals surface area contributed by atoms with Crippen LogP contribution in [0.2, 0.25) is 5.02 Å². The number of hydrogen-bond acceptors (Lipinski definition) is 4. The Morgan fingerprint density at radius 2 is 1.93 bits per heavy atom. The Morgan fingerprint density at radius 3 is 2.46 bits per heavy atom. The van der Waals surface area contributed by atoms with Gasteiger partial charge in [0.05, 0.1) is 22.6 Å². The monoisotopic (exact) mass is 431 g/mol. The van der Waals surface area contributed by atoms with Crippen LogP contribution in [0, 0.1) is 5.41 Å². The largest absolute Gasteiger partial charge is 0.384 e. The van der Waals surface area contributed by atoms with Crippen molar-refractivity contribution in [3.05, 3.63) is 28.8 Å². The molecule has 0 saturated carbocycles. The number of amides is 2. The van der Waals surface area contributed by atoms with E-state index in [4.69, 9.17) is 16.3 Å². The molecule has 0 spiro atoms. The van der Waals surface area contributed by atoms with Gasteiger partial charge in [0.15, 0.2) is 0 Å². The van der Waals surface area contributed by atoms with Gasteiger partial charge in [0.1, 0.15) is 0 Å². The number of hydrogen-bond donors (Lipinski definition) is 3. The Kier molecular flexibility index (Phi) is 9.21. The van der Waals surface area contributed by atoms with Crippen molar-refractivity contribution in [1.82, 2.24) is 10.6 Å². The van der Waals surface area contributed by atoms with Gasteiger partial charge < -0.3 is 20.7 Å². The van der Waals surface area contributed by atoms with E-state index in [1.165, 1.54) is 0 Å². The lowest BCUT2D eigenvalue weighted by Gasteiger charge is -2.35. The molecule has 158 valence electrons. The van der Waals surface area contributed by atoms with E-state index in [-0.39, 0.29) is 29.8 Å². The maximum Gasteiger partial charge on any atom is 0.253 e. The molecule has 0 bridgehead atoms. The molecule has 0 aromatic heterocycles. The Balaban J connectivity index is 0.00000392. The van der Waals surface area contributed by atoms with E-state index in [0.717, 1.165) is 19.5 Å². The first-order valence-electron chi connectivity index (χ1n) is 9.36. The highest BCUT2D eigenvalue weighted by atomic mass is 35.5. The number of piperidine rings is 1. The van der Waals surface area contributed by atoms with Gasteiger partial charge in [-0.1, -0.05) is 18.5 Å².